The first-order chi connectivity index (χ1) is 7.74. The molecule has 1 saturated heterocycles. The van der Waals surface area contributed by atoms with Crippen LogP contribution in [0.15, 0.2) is 18.2 Å². The summed E-state index contributed by atoms with van der Waals surface area (Å²) in [5.74, 6) is 2.01. The molecule has 0 spiro atoms. The van der Waals surface area contributed by atoms with E-state index in [9.17, 15) is 5.11 Å². The molecule has 0 amide bonds. The molecule has 1 aliphatic heterocycles. The molecular weight excluding hydrogens is 224 g/mol. The molecule has 4 heteroatoms. The Bertz CT molecular complexity index is 398. The van der Waals surface area contributed by atoms with Gasteiger partial charge in [0.15, 0.2) is 0 Å². The Kier molecular flexibility index (Phi) is 2.52. The van der Waals surface area contributed by atoms with Gasteiger partial charge < -0.3 is 10.0 Å². The average Bonchev–Trinajstić information content (AvgIpc) is 2.81. The minimum absolute atomic E-state index is 0.116. The molecule has 1 aromatic rings. The summed E-state index contributed by atoms with van der Waals surface area (Å²) in [5.41, 5.74) is 0. The molecule has 3 atom stereocenters. The summed E-state index contributed by atoms with van der Waals surface area (Å²) < 4.78 is 0. The van der Waals surface area contributed by atoms with Gasteiger partial charge in [0.05, 0.1) is 6.10 Å². The number of anilines is 1. The Labute approximate surface area is 100 Å². The molecule has 0 aromatic carbocycles. The Morgan fingerprint density at radius 3 is 2.94 bits per heavy atom. The van der Waals surface area contributed by atoms with Crippen LogP contribution >= 0.6 is 11.6 Å². The van der Waals surface area contributed by atoms with E-state index in [1.54, 1.807) is 6.07 Å². The van der Waals surface area contributed by atoms with Crippen molar-refractivity contribution in [1.82, 2.24) is 4.98 Å². The molecule has 2 fully saturated rings. The van der Waals surface area contributed by atoms with E-state index in [0.717, 1.165) is 31.7 Å². The second kappa shape index (κ2) is 3.90. The fourth-order valence-electron chi connectivity index (χ4n) is 3.00. The van der Waals surface area contributed by atoms with E-state index in [1.165, 1.54) is 0 Å². The Morgan fingerprint density at radius 1 is 1.31 bits per heavy atom. The highest BCUT2D eigenvalue weighted by atomic mass is 35.5. The summed E-state index contributed by atoms with van der Waals surface area (Å²) in [5, 5.41) is 10.4. The van der Waals surface area contributed by atoms with Crippen LogP contribution in [-0.2, 0) is 0 Å². The van der Waals surface area contributed by atoms with Crippen LogP contribution in [0.5, 0.6) is 0 Å². The molecular formula is C12H15ClN2O. The van der Waals surface area contributed by atoms with E-state index in [1.807, 2.05) is 12.1 Å². The summed E-state index contributed by atoms with van der Waals surface area (Å²) >= 11 is 5.89. The maximum Gasteiger partial charge on any atom is 0.131 e. The van der Waals surface area contributed by atoms with Gasteiger partial charge in [-0.3, -0.25) is 0 Å². The number of fused-ring (bicyclic) bond motifs is 1. The van der Waals surface area contributed by atoms with Crippen LogP contribution in [0, 0.1) is 11.8 Å². The Hall–Kier alpha value is -0.800. The van der Waals surface area contributed by atoms with E-state index in [4.69, 9.17) is 11.6 Å². The quantitative estimate of drug-likeness (QED) is 0.760. The molecule has 1 saturated carbocycles. The van der Waals surface area contributed by atoms with Crippen LogP contribution in [0.1, 0.15) is 12.8 Å². The Morgan fingerprint density at radius 2 is 2.19 bits per heavy atom. The number of aromatic nitrogens is 1. The van der Waals surface area contributed by atoms with Crippen molar-refractivity contribution in [1.29, 1.82) is 0 Å². The van der Waals surface area contributed by atoms with Gasteiger partial charge in [0.2, 0.25) is 0 Å². The maximum atomic E-state index is 9.85. The van der Waals surface area contributed by atoms with Crippen molar-refractivity contribution in [2.75, 3.05) is 18.0 Å². The number of hydrogen-bond acceptors (Lipinski definition) is 3. The van der Waals surface area contributed by atoms with Gasteiger partial charge in [-0.25, -0.2) is 4.98 Å². The standard InChI is InChI=1S/C12H15ClN2O/c13-11-2-1-3-12(14-11)15-6-8-4-5-10(16)9(8)7-15/h1-3,8-10,16H,4-7H2. The maximum absolute atomic E-state index is 9.85. The van der Waals surface area contributed by atoms with Crippen LogP contribution in [0.2, 0.25) is 5.15 Å². The summed E-state index contributed by atoms with van der Waals surface area (Å²) in [7, 11) is 0. The number of pyridine rings is 1. The fourth-order valence-corrected chi connectivity index (χ4v) is 3.16. The third kappa shape index (κ3) is 1.68. The summed E-state index contributed by atoms with van der Waals surface area (Å²) in [4.78, 5) is 6.56. The van der Waals surface area contributed by atoms with Crippen molar-refractivity contribution < 1.29 is 5.11 Å². The minimum atomic E-state index is -0.116. The van der Waals surface area contributed by atoms with Crippen molar-refractivity contribution in [2.45, 2.75) is 18.9 Å². The number of nitrogens with zero attached hydrogens (tertiary/aromatic N) is 2. The van der Waals surface area contributed by atoms with Gasteiger partial charge in [-0.15, -0.1) is 0 Å². The lowest BCUT2D eigenvalue weighted by molar-refractivity contribution is 0.133. The van der Waals surface area contributed by atoms with E-state index in [-0.39, 0.29) is 6.10 Å². The van der Waals surface area contributed by atoms with Gasteiger partial charge in [-0.1, -0.05) is 17.7 Å². The molecule has 0 radical (unpaired) electrons. The SMILES string of the molecule is OC1CCC2CN(c3cccc(Cl)n3)CC12. The largest absolute Gasteiger partial charge is 0.393 e. The molecule has 3 nitrogen and oxygen atoms in total. The van der Waals surface area contributed by atoms with E-state index in [2.05, 4.69) is 9.88 Å². The van der Waals surface area contributed by atoms with Gasteiger partial charge in [0.1, 0.15) is 11.0 Å². The molecule has 3 rings (SSSR count). The van der Waals surface area contributed by atoms with Gasteiger partial charge in [-0.2, -0.15) is 0 Å². The lowest BCUT2D eigenvalue weighted by atomic mass is 10.00. The van der Waals surface area contributed by atoms with Crippen LogP contribution in [-0.4, -0.2) is 29.3 Å². The summed E-state index contributed by atoms with van der Waals surface area (Å²) in [6.45, 7) is 1.92. The van der Waals surface area contributed by atoms with Crippen molar-refractivity contribution in [3.05, 3.63) is 23.4 Å². The second-order valence-corrected chi connectivity index (χ2v) is 5.18. The van der Waals surface area contributed by atoms with E-state index >= 15 is 0 Å². The first-order valence-corrected chi connectivity index (χ1v) is 6.17. The number of rotatable bonds is 1. The van der Waals surface area contributed by atoms with Gasteiger partial charge >= 0.3 is 0 Å². The number of hydrogen-bond donors (Lipinski definition) is 1. The van der Waals surface area contributed by atoms with Crippen molar-refractivity contribution in [3.63, 3.8) is 0 Å². The average molecular weight is 239 g/mol. The minimum Gasteiger partial charge on any atom is -0.393 e. The molecule has 1 aromatic heterocycles. The molecule has 86 valence electrons. The van der Waals surface area contributed by atoms with Gasteiger partial charge in [0, 0.05) is 19.0 Å². The van der Waals surface area contributed by atoms with E-state index in [0.29, 0.717) is 17.0 Å². The van der Waals surface area contributed by atoms with Crippen molar-refractivity contribution in [3.8, 4) is 0 Å². The summed E-state index contributed by atoms with van der Waals surface area (Å²) in [6.07, 6.45) is 1.99. The van der Waals surface area contributed by atoms with Crippen molar-refractivity contribution >= 4 is 17.4 Å². The zero-order valence-corrected chi connectivity index (χ0v) is 9.77. The lowest BCUT2D eigenvalue weighted by Gasteiger charge is -2.19. The highest BCUT2D eigenvalue weighted by Gasteiger charge is 2.42. The predicted octanol–water partition coefficient (Wildman–Crippen LogP) is 1.94. The Balaban J connectivity index is 1.79. The zero-order chi connectivity index (χ0) is 11.1. The van der Waals surface area contributed by atoms with Crippen LogP contribution < -0.4 is 4.90 Å². The zero-order valence-electron chi connectivity index (χ0n) is 9.01. The smallest absolute Gasteiger partial charge is 0.131 e. The molecule has 16 heavy (non-hydrogen) atoms. The third-order valence-electron chi connectivity index (χ3n) is 3.84. The van der Waals surface area contributed by atoms with Crippen LogP contribution in [0.4, 0.5) is 5.82 Å². The molecule has 2 aliphatic rings. The van der Waals surface area contributed by atoms with Gasteiger partial charge in [0.25, 0.3) is 0 Å². The summed E-state index contributed by atoms with van der Waals surface area (Å²) in [6, 6.07) is 5.70. The van der Waals surface area contributed by atoms with Gasteiger partial charge in [-0.05, 0) is 30.9 Å². The third-order valence-corrected chi connectivity index (χ3v) is 4.05. The topological polar surface area (TPSA) is 36.4 Å². The molecule has 3 unspecified atom stereocenters. The molecule has 2 heterocycles. The first-order valence-electron chi connectivity index (χ1n) is 5.79. The van der Waals surface area contributed by atoms with E-state index < -0.39 is 0 Å². The highest BCUT2D eigenvalue weighted by molar-refractivity contribution is 6.29. The molecule has 1 N–H and O–H groups in total. The molecule has 1 aliphatic carbocycles. The number of halogens is 1. The normalized spacial score (nSPS) is 33.1. The first kappa shape index (κ1) is 10.4. The lowest BCUT2D eigenvalue weighted by Crippen LogP contribution is -2.25. The van der Waals surface area contributed by atoms with Crippen LogP contribution in [0.3, 0.4) is 0 Å². The second-order valence-electron chi connectivity index (χ2n) is 4.79. The van der Waals surface area contributed by atoms with Crippen molar-refractivity contribution in [2.24, 2.45) is 11.8 Å². The monoisotopic (exact) mass is 238 g/mol. The number of aliphatic hydroxyl groups excluding tert-OH is 1. The highest BCUT2D eigenvalue weighted by Crippen LogP contribution is 2.39. The predicted molar refractivity (Wildman–Crippen MR) is 63.7 cm³/mol. The molecule has 0 bridgehead atoms. The van der Waals surface area contributed by atoms with Crippen LogP contribution in [0.25, 0.3) is 0 Å². The number of aliphatic hydroxyl groups is 1. The fraction of sp³-hybridized carbons (Fsp3) is 0.583.